The second kappa shape index (κ2) is 13.5. The molecule has 7 nitrogen and oxygen atoms in total. The average Bonchev–Trinajstić information content (AvgIpc) is 2.81. The maximum Gasteiger partial charge on any atom is 0.330 e. The van der Waals surface area contributed by atoms with E-state index < -0.39 is 0 Å². The fourth-order valence-electron chi connectivity index (χ4n) is 3.51. The van der Waals surface area contributed by atoms with E-state index in [1.54, 1.807) is 24.3 Å². The van der Waals surface area contributed by atoms with E-state index in [0.717, 1.165) is 37.5 Å². The molecule has 0 bridgehead atoms. The van der Waals surface area contributed by atoms with Crippen LogP contribution in [0, 0.1) is 11.8 Å². The molecule has 2 rings (SSSR count). The number of methoxy groups -OCH3 is 1. The first-order valence-electron chi connectivity index (χ1n) is 10.8. The maximum atomic E-state index is 12.4. The van der Waals surface area contributed by atoms with Gasteiger partial charge in [-0.3, -0.25) is 9.59 Å². The Morgan fingerprint density at radius 3 is 2.00 bits per heavy atom. The van der Waals surface area contributed by atoms with Crippen LogP contribution in [0.1, 0.15) is 51.4 Å². The largest absolute Gasteiger partial charge is 0.494 e. The molecule has 170 valence electrons. The number of esters is 3. The van der Waals surface area contributed by atoms with E-state index in [-0.39, 0.29) is 29.7 Å². The van der Waals surface area contributed by atoms with Crippen LogP contribution in [0.15, 0.2) is 36.9 Å². The zero-order chi connectivity index (χ0) is 22.5. The van der Waals surface area contributed by atoms with Gasteiger partial charge >= 0.3 is 17.9 Å². The van der Waals surface area contributed by atoms with Crippen LogP contribution in [0.4, 0.5) is 0 Å². The van der Waals surface area contributed by atoms with Gasteiger partial charge in [-0.05, 0) is 75.6 Å². The van der Waals surface area contributed by atoms with E-state index in [1.807, 2.05) is 0 Å². The van der Waals surface area contributed by atoms with Crippen molar-refractivity contribution in [2.24, 2.45) is 11.8 Å². The molecule has 0 aromatic heterocycles. The maximum absolute atomic E-state index is 12.4. The predicted octanol–water partition coefficient (Wildman–Crippen LogP) is 4.24. The quantitative estimate of drug-likeness (QED) is 0.211. The SMILES string of the molecule is C=CC(=O)OCCCCCCOc1ccc(OC(=O)[C@H]2CC[C@@H](C(=O)OC)CC2)cc1. The average molecular weight is 433 g/mol. The van der Waals surface area contributed by atoms with E-state index in [9.17, 15) is 14.4 Å². The van der Waals surface area contributed by atoms with E-state index in [1.165, 1.54) is 7.11 Å². The first-order chi connectivity index (χ1) is 15.0. The van der Waals surface area contributed by atoms with Crippen LogP contribution < -0.4 is 9.47 Å². The minimum Gasteiger partial charge on any atom is -0.494 e. The summed E-state index contributed by atoms with van der Waals surface area (Å²) in [6.07, 6.45) is 7.41. The van der Waals surface area contributed by atoms with Crippen LogP contribution in [-0.4, -0.2) is 38.2 Å². The lowest BCUT2D eigenvalue weighted by Crippen LogP contribution is -2.29. The molecule has 1 aromatic carbocycles. The highest BCUT2D eigenvalue weighted by Gasteiger charge is 2.31. The van der Waals surface area contributed by atoms with Crippen molar-refractivity contribution in [2.75, 3.05) is 20.3 Å². The Balaban J connectivity index is 1.60. The molecule has 7 heteroatoms. The Hall–Kier alpha value is -2.83. The van der Waals surface area contributed by atoms with Gasteiger partial charge in [-0.15, -0.1) is 0 Å². The highest BCUT2D eigenvalue weighted by atomic mass is 16.5. The highest BCUT2D eigenvalue weighted by molar-refractivity contribution is 5.81. The summed E-state index contributed by atoms with van der Waals surface area (Å²) in [7, 11) is 1.39. The number of carbonyl (C=O) groups excluding carboxylic acids is 3. The van der Waals surface area contributed by atoms with Crippen LogP contribution in [0.25, 0.3) is 0 Å². The monoisotopic (exact) mass is 432 g/mol. The third-order valence-electron chi connectivity index (χ3n) is 5.36. The van der Waals surface area contributed by atoms with Gasteiger partial charge in [0, 0.05) is 6.08 Å². The molecule has 1 aliphatic carbocycles. The van der Waals surface area contributed by atoms with Crippen LogP contribution in [0.2, 0.25) is 0 Å². The molecule has 1 aliphatic rings. The molecule has 0 radical (unpaired) electrons. The zero-order valence-corrected chi connectivity index (χ0v) is 18.2. The van der Waals surface area contributed by atoms with Gasteiger partial charge in [0.2, 0.25) is 0 Å². The van der Waals surface area contributed by atoms with Crippen molar-refractivity contribution in [1.29, 1.82) is 0 Å². The van der Waals surface area contributed by atoms with Crippen LogP contribution in [-0.2, 0) is 23.9 Å². The molecule has 31 heavy (non-hydrogen) atoms. The molecule has 1 saturated carbocycles. The number of ether oxygens (including phenoxy) is 4. The molecule has 0 spiro atoms. The summed E-state index contributed by atoms with van der Waals surface area (Å²) in [5.74, 6) is 0.0767. The first kappa shape index (κ1) is 24.4. The van der Waals surface area contributed by atoms with Gasteiger partial charge in [-0.2, -0.15) is 0 Å². The molecular weight excluding hydrogens is 400 g/mol. The molecule has 0 unspecified atom stereocenters. The van der Waals surface area contributed by atoms with Gasteiger partial charge in [-0.25, -0.2) is 4.79 Å². The van der Waals surface area contributed by atoms with Gasteiger partial charge in [0.1, 0.15) is 11.5 Å². The molecule has 0 amide bonds. The Bertz CT molecular complexity index is 718. The Morgan fingerprint density at radius 2 is 1.42 bits per heavy atom. The van der Waals surface area contributed by atoms with Gasteiger partial charge in [0.15, 0.2) is 0 Å². The fraction of sp³-hybridized carbons (Fsp3) is 0.542. The number of unbranched alkanes of at least 4 members (excludes halogenated alkanes) is 3. The molecular formula is C24H32O7. The van der Waals surface area contributed by atoms with Crippen molar-refractivity contribution in [3.8, 4) is 11.5 Å². The van der Waals surface area contributed by atoms with E-state index in [4.69, 9.17) is 18.9 Å². The smallest absolute Gasteiger partial charge is 0.330 e. The number of carbonyl (C=O) groups is 3. The highest BCUT2D eigenvalue weighted by Crippen LogP contribution is 2.31. The summed E-state index contributed by atoms with van der Waals surface area (Å²) in [6, 6.07) is 7.01. The summed E-state index contributed by atoms with van der Waals surface area (Å²) in [4.78, 5) is 34.9. The molecule has 0 heterocycles. The number of hydrogen-bond donors (Lipinski definition) is 0. The van der Waals surface area contributed by atoms with Crippen molar-refractivity contribution >= 4 is 17.9 Å². The Kier molecular flexibility index (Phi) is 10.6. The van der Waals surface area contributed by atoms with Crippen LogP contribution in [0.3, 0.4) is 0 Å². The molecule has 0 atom stereocenters. The van der Waals surface area contributed by atoms with Crippen molar-refractivity contribution in [3.63, 3.8) is 0 Å². The lowest BCUT2D eigenvalue weighted by atomic mass is 9.82. The predicted molar refractivity (Wildman–Crippen MR) is 115 cm³/mol. The fourth-order valence-corrected chi connectivity index (χ4v) is 3.51. The minimum absolute atomic E-state index is 0.111. The Labute approximate surface area is 183 Å². The molecule has 0 N–H and O–H groups in total. The number of hydrogen-bond acceptors (Lipinski definition) is 7. The van der Waals surface area contributed by atoms with Crippen molar-refractivity contribution in [2.45, 2.75) is 51.4 Å². The number of benzene rings is 1. The van der Waals surface area contributed by atoms with E-state index in [2.05, 4.69) is 6.58 Å². The summed E-state index contributed by atoms with van der Waals surface area (Å²) < 4.78 is 20.9. The van der Waals surface area contributed by atoms with Crippen molar-refractivity contribution in [3.05, 3.63) is 36.9 Å². The second-order valence-electron chi connectivity index (χ2n) is 7.60. The van der Waals surface area contributed by atoms with Crippen LogP contribution >= 0.6 is 0 Å². The topological polar surface area (TPSA) is 88.1 Å². The number of rotatable bonds is 12. The molecule has 1 fully saturated rings. The normalized spacial score (nSPS) is 18.0. The molecule has 1 aromatic rings. The second-order valence-corrected chi connectivity index (χ2v) is 7.60. The summed E-state index contributed by atoms with van der Waals surface area (Å²) in [6.45, 7) is 4.36. The third-order valence-corrected chi connectivity index (χ3v) is 5.36. The van der Waals surface area contributed by atoms with Gasteiger partial charge in [0.25, 0.3) is 0 Å². The van der Waals surface area contributed by atoms with E-state index in [0.29, 0.717) is 44.6 Å². The van der Waals surface area contributed by atoms with Crippen molar-refractivity contribution in [1.82, 2.24) is 0 Å². The zero-order valence-electron chi connectivity index (χ0n) is 18.2. The Morgan fingerprint density at radius 1 is 0.871 bits per heavy atom. The van der Waals surface area contributed by atoms with Crippen molar-refractivity contribution < 1.29 is 33.3 Å². The molecule has 0 saturated heterocycles. The van der Waals surface area contributed by atoms with Gasteiger partial charge in [0.05, 0.1) is 32.2 Å². The lowest BCUT2D eigenvalue weighted by molar-refractivity contribution is -0.149. The molecule has 0 aliphatic heterocycles. The van der Waals surface area contributed by atoms with Gasteiger partial charge < -0.3 is 18.9 Å². The first-order valence-corrected chi connectivity index (χ1v) is 10.8. The van der Waals surface area contributed by atoms with Gasteiger partial charge in [-0.1, -0.05) is 6.58 Å². The summed E-state index contributed by atoms with van der Waals surface area (Å²) in [5.41, 5.74) is 0. The summed E-state index contributed by atoms with van der Waals surface area (Å²) >= 11 is 0. The van der Waals surface area contributed by atoms with E-state index >= 15 is 0 Å². The minimum atomic E-state index is -0.386. The summed E-state index contributed by atoms with van der Waals surface area (Å²) in [5, 5.41) is 0. The third kappa shape index (κ3) is 8.82. The standard InChI is InChI=1S/C24H32O7/c1-3-22(25)30-17-7-5-4-6-16-29-20-12-14-21(15-13-20)31-24(27)19-10-8-18(9-11-19)23(26)28-2/h3,12-15,18-19H,1,4-11,16-17H2,2H3/t18-,19+. The lowest BCUT2D eigenvalue weighted by Gasteiger charge is -2.25. The van der Waals surface area contributed by atoms with Crippen LogP contribution in [0.5, 0.6) is 11.5 Å².